The normalized spacial score (nSPS) is 11.0. The molecule has 0 unspecified atom stereocenters. The van der Waals surface area contributed by atoms with Gasteiger partial charge >= 0.3 is 0 Å². The van der Waals surface area contributed by atoms with Crippen LogP contribution in [0.15, 0.2) is 65.8 Å². The lowest BCUT2D eigenvalue weighted by molar-refractivity contribution is -0.384. The van der Waals surface area contributed by atoms with Crippen LogP contribution in [0.5, 0.6) is 11.5 Å². The molecule has 0 saturated carbocycles. The molecule has 0 radical (unpaired) electrons. The van der Waals surface area contributed by atoms with Gasteiger partial charge < -0.3 is 9.47 Å². The summed E-state index contributed by atoms with van der Waals surface area (Å²) < 4.78 is 10.8. The molecule has 1 heterocycles. The summed E-state index contributed by atoms with van der Waals surface area (Å²) in [7, 11) is 3.16. The second kappa shape index (κ2) is 10.4. The van der Waals surface area contributed by atoms with Crippen molar-refractivity contribution in [1.82, 2.24) is 4.98 Å². The van der Waals surface area contributed by atoms with Crippen LogP contribution in [-0.4, -0.2) is 30.3 Å². The maximum atomic E-state index is 11.1. The van der Waals surface area contributed by atoms with Gasteiger partial charge in [0.25, 0.3) is 5.69 Å². The Morgan fingerprint density at radius 2 is 1.83 bits per heavy atom. The zero-order valence-corrected chi connectivity index (χ0v) is 20.6. The minimum Gasteiger partial charge on any atom is -0.493 e. The van der Waals surface area contributed by atoms with E-state index in [9.17, 15) is 10.1 Å². The van der Waals surface area contributed by atoms with Crippen molar-refractivity contribution in [2.24, 2.45) is 5.10 Å². The van der Waals surface area contributed by atoms with Gasteiger partial charge in [0.1, 0.15) is 0 Å². The summed E-state index contributed by atoms with van der Waals surface area (Å²) in [5, 5.41) is 16.0. The number of nitrogens with one attached hydrogen (secondary N) is 1. The van der Waals surface area contributed by atoms with Crippen LogP contribution < -0.4 is 14.9 Å². The number of hydrogen-bond donors (Lipinski definition) is 1. The molecule has 0 aliphatic carbocycles. The molecule has 9 heteroatoms. The fourth-order valence-electron chi connectivity index (χ4n) is 3.73. The zero-order valence-electron chi connectivity index (χ0n) is 19.7. The molecule has 0 spiro atoms. The second-order valence-corrected chi connectivity index (χ2v) is 8.77. The summed E-state index contributed by atoms with van der Waals surface area (Å²) in [5.41, 5.74) is 8.69. The highest BCUT2D eigenvalue weighted by molar-refractivity contribution is 7.19. The highest BCUT2D eigenvalue weighted by Gasteiger charge is 2.18. The van der Waals surface area contributed by atoms with E-state index in [1.165, 1.54) is 23.5 Å². The van der Waals surface area contributed by atoms with Gasteiger partial charge in [-0.3, -0.25) is 15.5 Å². The van der Waals surface area contributed by atoms with Gasteiger partial charge in [0, 0.05) is 23.3 Å². The highest BCUT2D eigenvalue weighted by Crippen LogP contribution is 2.40. The molecule has 4 rings (SSSR count). The average molecular weight is 489 g/mol. The van der Waals surface area contributed by atoms with Crippen LogP contribution in [-0.2, 0) is 0 Å². The molecule has 0 saturated heterocycles. The summed E-state index contributed by atoms with van der Waals surface area (Å²) in [6.07, 6.45) is 1.64. The Bertz CT molecular complexity index is 1400. The minimum atomic E-state index is -0.407. The van der Waals surface area contributed by atoms with Crippen LogP contribution in [0.3, 0.4) is 0 Å². The van der Waals surface area contributed by atoms with Gasteiger partial charge in [0.15, 0.2) is 11.5 Å². The maximum Gasteiger partial charge on any atom is 0.269 e. The predicted molar refractivity (Wildman–Crippen MR) is 140 cm³/mol. The number of nitrogens with zero attached hydrogens (tertiary/aromatic N) is 3. The number of anilines is 1. The number of non-ortho nitro benzene ring substituents is 1. The molecule has 178 valence electrons. The molecule has 3 aromatic carbocycles. The number of thiazole rings is 1. The third-order valence-electron chi connectivity index (χ3n) is 5.40. The fourth-order valence-corrected chi connectivity index (χ4v) is 4.67. The number of ether oxygens (including phenoxy) is 2. The number of methoxy groups -OCH3 is 2. The van der Waals surface area contributed by atoms with Crippen molar-refractivity contribution in [2.75, 3.05) is 19.6 Å². The van der Waals surface area contributed by atoms with Crippen molar-refractivity contribution in [2.45, 2.75) is 13.8 Å². The Hall–Kier alpha value is -4.24. The molecular formula is C26H24N4O4S. The van der Waals surface area contributed by atoms with Gasteiger partial charge in [-0.05, 0) is 49.2 Å². The van der Waals surface area contributed by atoms with Crippen molar-refractivity contribution < 1.29 is 14.4 Å². The van der Waals surface area contributed by atoms with Gasteiger partial charge in [-0.25, -0.2) is 4.98 Å². The molecule has 1 aromatic heterocycles. The van der Waals surface area contributed by atoms with Crippen LogP contribution in [0.1, 0.15) is 16.7 Å². The summed E-state index contributed by atoms with van der Waals surface area (Å²) in [5.74, 6) is 1.20. The second-order valence-electron chi connectivity index (χ2n) is 7.77. The lowest BCUT2D eigenvalue weighted by Gasteiger charge is -2.09. The molecule has 0 bridgehead atoms. The summed E-state index contributed by atoms with van der Waals surface area (Å²) in [6, 6.07) is 18.2. The molecule has 0 fully saturated rings. The van der Waals surface area contributed by atoms with Crippen LogP contribution in [0.4, 0.5) is 10.8 Å². The van der Waals surface area contributed by atoms with Gasteiger partial charge in [-0.15, -0.1) is 0 Å². The van der Waals surface area contributed by atoms with E-state index < -0.39 is 4.92 Å². The van der Waals surface area contributed by atoms with E-state index in [0.29, 0.717) is 16.6 Å². The monoisotopic (exact) mass is 488 g/mol. The van der Waals surface area contributed by atoms with Crippen molar-refractivity contribution in [3.63, 3.8) is 0 Å². The Balaban J connectivity index is 1.71. The number of nitro benzene ring substituents is 1. The number of rotatable bonds is 8. The first-order valence-electron chi connectivity index (χ1n) is 10.7. The Kier molecular flexibility index (Phi) is 7.07. The fraction of sp³-hybridized carbons (Fsp3) is 0.154. The molecule has 1 N–H and O–H groups in total. The average Bonchev–Trinajstić information content (AvgIpc) is 3.27. The van der Waals surface area contributed by atoms with Crippen molar-refractivity contribution in [1.29, 1.82) is 0 Å². The molecule has 35 heavy (non-hydrogen) atoms. The molecule has 0 atom stereocenters. The SMILES string of the molecule is COc1cccc(/C=N\Nc2nc(-c3ccc(C)cc3C)c(-c3ccc([N+](=O)[O-])cc3)s2)c1OC. The van der Waals surface area contributed by atoms with Gasteiger partial charge in [-0.2, -0.15) is 5.10 Å². The number of benzene rings is 3. The van der Waals surface area contributed by atoms with Gasteiger partial charge in [0.05, 0.1) is 35.9 Å². The van der Waals surface area contributed by atoms with E-state index >= 15 is 0 Å². The molecule has 4 aromatic rings. The smallest absolute Gasteiger partial charge is 0.269 e. The topological polar surface area (TPSA) is 98.9 Å². The summed E-state index contributed by atoms with van der Waals surface area (Å²) in [4.78, 5) is 16.4. The van der Waals surface area contributed by atoms with Crippen molar-refractivity contribution >= 4 is 28.4 Å². The van der Waals surface area contributed by atoms with E-state index in [2.05, 4.69) is 16.6 Å². The first-order chi connectivity index (χ1) is 16.9. The summed E-state index contributed by atoms with van der Waals surface area (Å²) >= 11 is 1.43. The third-order valence-corrected chi connectivity index (χ3v) is 6.41. The lowest BCUT2D eigenvalue weighted by Crippen LogP contribution is -1.96. The number of hydrazone groups is 1. The third kappa shape index (κ3) is 5.15. The van der Waals surface area contributed by atoms with E-state index in [1.807, 2.05) is 44.2 Å². The van der Waals surface area contributed by atoms with E-state index in [0.717, 1.165) is 38.4 Å². The summed E-state index contributed by atoms with van der Waals surface area (Å²) in [6.45, 7) is 4.09. The molecule has 0 amide bonds. The molecule has 8 nitrogen and oxygen atoms in total. The number of hydrogen-bond acceptors (Lipinski definition) is 8. The Morgan fingerprint density at radius 3 is 2.49 bits per heavy atom. The standard InChI is InChI=1S/C26H24N4O4S/c1-16-8-13-21(17(2)14-16)23-25(18-9-11-20(12-10-18)30(31)32)35-26(28-23)29-27-15-19-6-5-7-22(33-3)24(19)34-4/h5-15H,1-4H3,(H,28,29)/b27-15-. The largest absolute Gasteiger partial charge is 0.493 e. The van der Waals surface area contributed by atoms with Crippen LogP contribution in [0.2, 0.25) is 0 Å². The van der Waals surface area contributed by atoms with Crippen LogP contribution >= 0.6 is 11.3 Å². The van der Waals surface area contributed by atoms with Gasteiger partial charge in [-0.1, -0.05) is 41.2 Å². The number of aromatic nitrogens is 1. The molecule has 0 aliphatic rings. The first kappa shape index (κ1) is 23.9. The van der Waals surface area contributed by atoms with E-state index in [-0.39, 0.29) is 5.69 Å². The number of aryl methyl sites for hydroxylation is 2. The first-order valence-corrected chi connectivity index (χ1v) is 11.6. The molecular weight excluding hydrogens is 464 g/mol. The lowest BCUT2D eigenvalue weighted by atomic mass is 10.0. The Morgan fingerprint density at radius 1 is 1.06 bits per heavy atom. The van der Waals surface area contributed by atoms with E-state index in [1.54, 1.807) is 32.6 Å². The van der Waals surface area contributed by atoms with E-state index in [4.69, 9.17) is 14.5 Å². The highest BCUT2D eigenvalue weighted by atomic mass is 32.1. The zero-order chi connectivity index (χ0) is 24.9. The predicted octanol–water partition coefficient (Wildman–Crippen LogP) is 6.47. The minimum absolute atomic E-state index is 0.0431. The van der Waals surface area contributed by atoms with Crippen LogP contribution in [0.25, 0.3) is 21.7 Å². The molecule has 0 aliphatic heterocycles. The number of para-hydroxylation sites is 1. The van der Waals surface area contributed by atoms with Crippen molar-refractivity contribution in [3.05, 3.63) is 87.5 Å². The Labute approximate surface area is 207 Å². The maximum absolute atomic E-state index is 11.1. The quantitative estimate of drug-likeness (QED) is 0.173. The van der Waals surface area contributed by atoms with Gasteiger partial charge in [0.2, 0.25) is 5.13 Å². The van der Waals surface area contributed by atoms with Crippen molar-refractivity contribution in [3.8, 4) is 33.2 Å². The van der Waals surface area contributed by atoms with Crippen LogP contribution in [0, 0.1) is 24.0 Å². The number of nitro groups is 1.